The molecule has 2 rings (SSSR count). The molecule has 0 atom stereocenters. The van der Waals surface area contributed by atoms with Crippen LogP contribution in [0, 0.1) is 6.92 Å². The summed E-state index contributed by atoms with van der Waals surface area (Å²) in [5.41, 5.74) is 6.63. The number of anilines is 1. The van der Waals surface area contributed by atoms with E-state index < -0.39 is 5.91 Å². The molecule has 0 radical (unpaired) electrons. The molecule has 3 N–H and O–H groups in total. The normalized spacial score (nSPS) is 11.3. The highest BCUT2D eigenvalue weighted by molar-refractivity contribution is 6.02. The molecular weight excluding hydrogens is 306 g/mol. The first-order valence-electron chi connectivity index (χ1n) is 7.84. The van der Waals surface area contributed by atoms with Crippen LogP contribution in [0.5, 0.6) is 0 Å². The number of carbonyl (C=O) groups is 2. The van der Waals surface area contributed by atoms with E-state index in [1.54, 1.807) is 24.3 Å². The molecule has 1 aromatic heterocycles. The fraction of sp³-hybridized carbons (Fsp3) is 0.389. The van der Waals surface area contributed by atoms with Crippen molar-refractivity contribution in [1.29, 1.82) is 0 Å². The van der Waals surface area contributed by atoms with Crippen LogP contribution in [0.4, 0.5) is 5.69 Å². The first-order chi connectivity index (χ1) is 11.2. The van der Waals surface area contributed by atoms with Gasteiger partial charge in [-0.25, -0.2) is 4.98 Å². The van der Waals surface area contributed by atoms with Gasteiger partial charge in [-0.05, 0) is 19.1 Å². The van der Waals surface area contributed by atoms with Gasteiger partial charge < -0.3 is 15.5 Å². The first kappa shape index (κ1) is 17.7. The van der Waals surface area contributed by atoms with Gasteiger partial charge in [0.1, 0.15) is 5.76 Å². The predicted molar refractivity (Wildman–Crippen MR) is 91.9 cm³/mol. The Morgan fingerprint density at radius 1 is 1.25 bits per heavy atom. The number of benzene rings is 1. The summed E-state index contributed by atoms with van der Waals surface area (Å²) in [6.07, 6.45) is 0.673. The molecule has 2 aromatic rings. The molecule has 6 heteroatoms. The lowest BCUT2D eigenvalue weighted by atomic mass is 9.97. The third-order valence-corrected chi connectivity index (χ3v) is 3.58. The number of nitrogens with two attached hydrogens (primary N) is 1. The predicted octanol–water partition coefficient (Wildman–Crippen LogP) is 2.95. The molecule has 0 saturated carbocycles. The second kappa shape index (κ2) is 6.86. The van der Waals surface area contributed by atoms with E-state index in [1.807, 2.05) is 27.7 Å². The van der Waals surface area contributed by atoms with Gasteiger partial charge in [0.15, 0.2) is 5.89 Å². The maximum atomic E-state index is 12.2. The number of aryl methyl sites for hydroxylation is 2. The lowest BCUT2D eigenvalue weighted by Gasteiger charge is -2.12. The fourth-order valence-electron chi connectivity index (χ4n) is 2.23. The van der Waals surface area contributed by atoms with Crippen molar-refractivity contribution in [3.63, 3.8) is 0 Å². The topological polar surface area (TPSA) is 98.2 Å². The van der Waals surface area contributed by atoms with E-state index >= 15 is 0 Å². The molecule has 6 nitrogen and oxygen atoms in total. The number of nitrogens with one attached hydrogen (secondary N) is 1. The van der Waals surface area contributed by atoms with Gasteiger partial charge >= 0.3 is 0 Å². The van der Waals surface area contributed by atoms with Gasteiger partial charge in [0.2, 0.25) is 5.91 Å². The van der Waals surface area contributed by atoms with Crippen LogP contribution in [0.3, 0.4) is 0 Å². The minimum absolute atomic E-state index is 0.175. The van der Waals surface area contributed by atoms with Crippen LogP contribution >= 0.6 is 0 Å². The van der Waals surface area contributed by atoms with Crippen molar-refractivity contribution < 1.29 is 14.0 Å². The van der Waals surface area contributed by atoms with Crippen LogP contribution in [0.2, 0.25) is 0 Å². The molecule has 1 heterocycles. The maximum Gasteiger partial charge on any atom is 0.250 e. The molecule has 128 valence electrons. The average molecular weight is 329 g/mol. The number of carbonyl (C=O) groups excluding carboxylic acids is 2. The molecule has 0 aliphatic carbocycles. The summed E-state index contributed by atoms with van der Waals surface area (Å²) in [7, 11) is 0. The molecule has 0 spiro atoms. The summed E-state index contributed by atoms with van der Waals surface area (Å²) >= 11 is 0. The van der Waals surface area contributed by atoms with Gasteiger partial charge in [-0.1, -0.05) is 32.9 Å². The lowest BCUT2D eigenvalue weighted by molar-refractivity contribution is -0.116. The Labute approximate surface area is 141 Å². The third kappa shape index (κ3) is 4.22. The highest BCUT2D eigenvalue weighted by atomic mass is 16.4. The summed E-state index contributed by atoms with van der Waals surface area (Å²) in [6, 6.07) is 6.66. The minimum Gasteiger partial charge on any atom is -0.445 e. The summed E-state index contributed by atoms with van der Waals surface area (Å²) in [5, 5.41) is 2.72. The van der Waals surface area contributed by atoms with Crippen LogP contribution in [0.1, 0.15) is 54.9 Å². The second-order valence-electron chi connectivity index (χ2n) is 6.74. The Bertz CT molecular complexity index is 757. The summed E-state index contributed by atoms with van der Waals surface area (Å²) in [6.45, 7) is 7.94. The minimum atomic E-state index is -0.577. The molecule has 2 amide bonds. The maximum absolute atomic E-state index is 12.2. The Kier molecular flexibility index (Phi) is 5.07. The molecule has 0 unspecified atom stereocenters. The van der Waals surface area contributed by atoms with Gasteiger partial charge in [0, 0.05) is 18.3 Å². The summed E-state index contributed by atoms with van der Waals surface area (Å²) < 4.78 is 5.78. The number of nitrogens with zero attached hydrogens (tertiary/aromatic N) is 1. The second-order valence-corrected chi connectivity index (χ2v) is 6.74. The highest BCUT2D eigenvalue weighted by Gasteiger charge is 2.22. The Morgan fingerprint density at radius 3 is 2.50 bits per heavy atom. The number of hydrogen-bond acceptors (Lipinski definition) is 4. The Hall–Kier alpha value is -2.63. The molecule has 1 aromatic carbocycles. The van der Waals surface area contributed by atoms with Crippen LogP contribution in [-0.4, -0.2) is 16.8 Å². The Balaban J connectivity index is 2.02. The van der Waals surface area contributed by atoms with Crippen LogP contribution in [0.15, 0.2) is 28.7 Å². The molecule has 0 aliphatic rings. The number of para-hydroxylation sites is 1. The zero-order chi connectivity index (χ0) is 17.9. The van der Waals surface area contributed by atoms with Crippen molar-refractivity contribution in [2.75, 3.05) is 5.32 Å². The van der Waals surface area contributed by atoms with E-state index in [2.05, 4.69) is 10.3 Å². The van der Waals surface area contributed by atoms with Gasteiger partial charge in [0.05, 0.1) is 16.9 Å². The summed E-state index contributed by atoms with van der Waals surface area (Å²) in [5.74, 6) is 0.580. The van der Waals surface area contributed by atoms with E-state index in [-0.39, 0.29) is 23.3 Å². The number of oxazole rings is 1. The van der Waals surface area contributed by atoms with Gasteiger partial charge in [0.25, 0.3) is 5.91 Å². The lowest BCUT2D eigenvalue weighted by Crippen LogP contribution is -2.18. The largest absolute Gasteiger partial charge is 0.445 e. The fourth-order valence-corrected chi connectivity index (χ4v) is 2.23. The van der Waals surface area contributed by atoms with Crippen LogP contribution < -0.4 is 11.1 Å². The zero-order valence-electron chi connectivity index (χ0n) is 14.5. The zero-order valence-corrected chi connectivity index (χ0v) is 14.5. The van der Waals surface area contributed by atoms with Gasteiger partial charge in [-0.15, -0.1) is 0 Å². The van der Waals surface area contributed by atoms with Crippen molar-refractivity contribution >= 4 is 17.5 Å². The first-order valence-corrected chi connectivity index (χ1v) is 7.84. The third-order valence-electron chi connectivity index (χ3n) is 3.58. The van der Waals surface area contributed by atoms with Crippen LogP contribution in [0.25, 0.3) is 0 Å². The van der Waals surface area contributed by atoms with Crippen molar-refractivity contribution in [3.05, 3.63) is 47.2 Å². The van der Waals surface area contributed by atoms with E-state index in [0.29, 0.717) is 23.8 Å². The monoisotopic (exact) mass is 329 g/mol. The van der Waals surface area contributed by atoms with Gasteiger partial charge in [-0.3, -0.25) is 9.59 Å². The molecule has 0 bridgehead atoms. The molecule has 0 saturated heterocycles. The summed E-state index contributed by atoms with van der Waals surface area (Å²) in [4.78, 5) is 27.9. The number of rotatable bonds is 5. The van der Waals surface area contributed by atoms with Crippen molar-refractivity contribution in [2.24, 2.45) is 5.73 Å². The van der Waals surface area contributed by atoms with Crippen molar-refractivity contribution in [2.45, 2.75) is 46.0 Å². The highest BCUT2D eigenvalue weighted by Crippen LogP contribution is 2.24. The quantitative estimate of drug-likeness (QED) is 0.881. The number of aromatic nitrogens is 1. The molecule has 0 aliphatic heterocycles. The SMILES string of the molecule is Cc1nc(C(C)(C)C)oc1CCC(=O)Nc1ccccc1C(N)=O. The Morgan fingerprint density at radius 2 is 1.92 bits per heavy atom. The molecule has 24 heavy (non-hydrogen) atoms. The number of primary amides is 1. The van der Waals surface area contributed by atoms with E-state index in [1.165, 1.54) is 0 Å². The van der Waals surface area contributed by atoms with Crippen molar-refractivity contribution in [3.8, 4) is 0 Å². The standard InChI is InChI=1S/C18H23N3O3/c1-11-14(24-17(20-11)18(2,3)4)9-10-15(22)21-13-8-6-5-7-12(13)16(19)23/h5-8H,9-10H2,1-4H3,(H2,19,23)(H,21,22). The molecular formula is C18H23N3O3. The number of hydrogen-bond donors (Lipinski definition) is 2. The molecule has 0 fully saturated rings. The van der Waals surface area contributed by atoms with Crippen LogP contribution in [-0.2, 0) is 16.6 Å². The smallest absolute Gasteiger partial charge is 0.250 e. The van der Waals surface area contributed by atoms with E-state index in [9.17, 15) is 9.59 Å². The van der Waals surface area contributed by atoms with E-state index in [4.69, 9.17) is 10.2 Å². The number of amides is 2. The average Bonchev–Trinajstić information content (AvgIpc) is 2.87. The van der Waals surface area contributed by atoms with Gasteiger partial charge in [-0.2, -0.15) is 0 Å². The van der Waals surface area contributed by atoms with Crippen molar-refractivity contribution in [1.82, 2.24) is 4.98 Å². The van der Waals surface area contributed by atoms with E-state index in [0.717, 1.165) is 5.69 Å².